The molecule has 110 valence electrons. The highest BCUT2D eigenvalue weighted by atomic mass is 79.9. The quantitative estimate of drug-likeness (QED) is 0.799. The first-order chi connectivity index (χ1) is 9.79. The maximum Gasteiger partial charge on any atom is 0.256 e. The Morgan fingerprint density at radius 2 is 1.81 bits per heavy atom. The third-order valence-electron chi connectivity index (χ3n) is 3.16. The van der Waals surface area contributed by atoms with E-state index >= 15 is 0 Å². The van der Waals surface area contributed by atoms with Crippen molar-refractivity contribution in [1.82, 2.24) is 0 Å². The van der Waals surface area contributed by atoms with Gasteiger partial charge in [-0.15, -0.1) is 0 Å². The summed E-state index contributed by atoms with van der Waals surface area (Å²) in [4.78, 5) is 12.4. The number of amides is 1. The number of rotatable bonds is 2. The summed E-state index contributed by atoms with van der Waals surface area (Å²) in [7, 11) is 0. The number of benzene rings is 2. The Morgan fingerprint density at radius 1 is 1.14 bits per heavy atom. The Hall–Kier alpha value is -1.68. The van der Waals surface area contributed by atoms with Crippen molar-refractivity contribution >= 4 is 27.5 Å². The van der Waals surface area contributed by atoms with E-state index < -0.39 is 0 Å². The summed E-state index contributed by atoms with van der Waals surface area (Å²) in [6, 6.07) is 11.7. The van der Waals surface area contributed by atoms with Crippen LogP contribution in [0.1, 0.15) is 36.7 Å². The molecule has 0 saturated carbocycles. The van der Waals surface area contributed by atoms with Crippen LogP contribution in [0.5, 0.6) is 0 Å². The lowest BCUT2D eigenvalue weighted by Gasteiger charge is -2.23. The van der Waals surface area contributed by atoms with Gasteiger partial charge in [0.1, 0.15) is 5.82 Å². The molecule has 0 heterocycles. The molecule has 21 heavy (non-hydrogen) atoms. The van der Waals surface area contributed by atoms with E-state index in [2.05, 4.69) is 42.0 Å². The number of carbonyl (C=O) groups is 1. The standard InChI is InChI=1S/C17H17BrFNO/c1-17(2,3)13-6-4-5-7-15(13)20-16(21)12-9-8-11(19)10-14(12)18/h4-10H,1-3H3,(H,20,21). The van der Waals surface area contributed by atoms with Gasteiger partial charge in [-0.3, -0.25) is 4.79 Å². The molecule has 0 spiro atoms. The first kappa shape index (κ1) is 15.7. The van der Waals surface area contributed by atoms with Crippen LogP contribution < -0.4 is 5.32 Å². The van der Waals surface area contributed by atoms with Crippen LogP contribution in [-0.4, -0.2) is 5.91 Å². The van der Waals surface area contributed by atoms with Crippen LogP contribution in [0.2, 0.25) is 0 Å². The highest BCUT2D eigenvalue weighted by molar-refractivity contribution is 9.10. The first-order valence-electron chi connectivity index (χ1n) is 6.65. The molecule has 0 aromatic heterocycles. The van der Waals surface area contributed by atoms with Gasteiger partial charge in [-0.05, 0) is 51.2 Å². The lowest BCUT2D eigenvalue weighted by Crippen LogP contribution is -2.19. The SMILES string of the molecule is CC(C)(C)c1ccccc1NC(=O)c1ccc(F)cc1Br. The molecule has 0 radical (unpaired) electrons. The largest absolute Gasteiger partial charge is 0.322 e. The average molecular weight is 350 g/mol. The van der Waals surface area contributed by atoms with Crippen LogP contribution in [-0.2, 0) is 5.41 Å². The van der Waals surface area contributed by atoms with Crippen molar-refractivity contribution in [2.45, 2.75) is 26.2 Å². The molecule has 0 saturated heterocycles. The summed E-state index contributed by atoms with van der Waals surface area (Å²) in [5.41, 5.74) is 2.15. The monoisotopic (exact) mass is 349 g/mol. The molecule has 1 amide bonds. The number of halogens is 2. The maximum atomic E-state index is 13.1. The van der Waals surface area contributed by atoms with Gasteiger partial charge in [0, 0.05) is 10.2 Å². The maximum absolute atomic E-state index is 13.1. The fourth-order valence-electron chi connectivity index (χ4n) is 2.11. The summed E-state index contributed by atoms with van der Waals surface area (Å²) < 4.78 is 13.5. The molecule has 0 bridgehead atoms. The Bertz CT molecular complexity index is 677. The smallest absolute Gasteiger partial charge is 0.256 e. The van der Waals surface area contributed by atoms with E-state index in [1.807, 2.05) is 24.3 Å². The molecule has 0 unspecified atom stereocenters. The van der Waals surface area contributed by atoms with Crippen molar-refractivity contribution < 1.29 is 9.18 Å². The molecular formula is C17H17BrFNO. The van der Waals surface area contributed by atoms with Crippen molar-refractivity contribution in [3.63, 3.8) is 0 Å². The number of hydrogen-bond donors (Lipinski definition) is 1. The highest BCUT2D eigenvalue weighted by Crippen LogP contribution is 2.30. The summed E-state index contributed by atoms with van der Waals surface area (Å²) in [5.74, 6) is -0.646. The normalized spacial score (nSPS) is 11.3. The minimum Gasteiger partial charge on any atom is -0.322 e. The fourth-order valence-corrected chi connectivity index (χ4v) is 2.64. The van der Waals surface area contributed by atoms with E-state index in [0.717, 1.165) is 11.3 Å². The Kier molecular flexibility index (Phi) is 4.47. The number of para-hydroxylation sites is 1. The zero-order chi connectivity index (χ0) is 15.6. The molecule has 1 N–H and O–H groups in total. The minimum absolute atomic E-state index is 0.0795. The topological polar surface area (TPSA) is 29.1 Å². The van der Waals surface area contributed by atoms with Gasteiger partial charge in [0.05, 0.1) is 5.56 Å². The van der Waals surface area contributed by atoms with Gasteiger partial charge >= 0.3 is 0 Å². The van der Waals surface area contributed by atoms with Crippen molar-refractivity contribution in [1.29, 1.82) is 0 Å². The molecule has 2 aromatic rings. The van der Waals surface area contributed by atoms with Crippen LogP contribution in [0.3, 0.4) is 0 Å². The van der Waals surface area contributed by atoms with Gasteiger partial charge in [-0.1, -0.05) is 39.0 Å². The van der Waals surface area contributed by atoms with Crippen LogP contribution >= 0.6 is 15.9 Å². The molecule has 0 aliphatic rings. The highest BCUT2D eigenvalue weighted by Gasteiger charge is 2.19. The van der Waals surface area contributed by atoms with E-state index in [0.29, 0.717) is 10.0 Å². The van der Waals surface area contributed by atoms with Crippen molar-refractivity contribution in [2.75, 3.05) is 5.32 Å². The summed E-state index contributed by atoms with van der Waals surface area (Å²) in [6.07, 6.45) is 0. The van der Waals surface area contributed by atoms with Crippen molar-refractivity contribution in [3.05, 3.63) is 63.9 Å². The average Bonchev–Trinajstić information content (AvgIpc) is 2.37. The van der Waals surface area contributed by atoms with Crippen LogP contribution in [0.25, 0.3) is 0 Å². The van der Waals surface area contributed by atoms with Gasteiger partial charge in [-0.2, -0.15) is 0 Å². The number of nitrogens with one attached hydrogen (secondary N) is 1. The van der Waals surface area contributed by atoms with E-state index in [-0.39, 0.29) is 17.1 Å². The van der Waals surface area contributed by atoms with Crippen LogP contribution in [0.4, 0.5) is 10.1 Å². The van der Waals surface area contributed by atoms with E-state index in [1.165, 1.54) is 18.2 Å². The lowest BCUT2D eigenvalue weighted by atomic mass is 9.86. The molecule has 2 rings (SSSR count). The third kappa shape index (κ3) is 3.70. The fraction of sp³-hybridized carbons (Fsp3) is 0.235. The lowest BCUT2D eigenvalue weighted by molar-refractivity contribution is 0.102. The van der Waals surface area contributed by atoms with Crippen LogP contribution in [0, 0.1) is 5.82 Å². The molecule has 2 aromatic carbocycles. The second-order valence-electron chi connectivity index (χ2n) is 5.87. The number of carbonyl (C=O) groups excluding carboxylic acids is 1. The van der Waals surface area contributed by atoms with E-state index in [1.54, 1.807) is 0 Å². The number of hydrogen-bond acceptors (Lipinski definition) is 1. The molecule has 0 fully saturated rings. The molecule has 4 heteroatoms. The van der Waals surface area contributed by atoms with Gasteiger partial charge in [0.15, 0.2) is 0 Å². The molecular weight excluding hydrogens is 333 g/mol. The molecule has 0 aliphatic heterocycles. The summed E-state index contributed by atoms with van der Waals surface area (Å²) in [5, 5.41) is 2.90. The van der Waals surface area contributed by atoms with E-state index in [9.17, 15) is 9.18 Å². The zero-order valence-electron chi connectivity index (χ0n) is 12.2. The second-order valence-corrected chi connectivity index (χ2v) is 6.73. The van der Waals surface area contributed by atoms with Crippen molar-refractivity contribution in [2.24, 2.45) is 0 Å². The summed E-state index contributed by atoms with van der Waals surface area (Å²) >= 11 is 3.22. The predicted molar refractivity (Wildman–Crippen MR) is 87.2 cm³/mol. The van der Waals surface area contributed by atoms with Crippen LogP contribution in [0.15, 0.2) is 46.9 Å². The molecule has 0 aliphatic carbocycles. The Morgan fingerprint density at radius 3 is 2.43 bits per heavy atom. The van der Waals surface area contributed by atoms with E-state index in [4.69, 9.17) is 0 Å². The van der Waals surface area contributed by atoms with Gasteiger partial charge in [-0.25, -0.2) is 4.39 Å². The third-order valence-corrected chi connectivity index (χ3v) is 3.82. The first-order valence-corrected chi connectivity index (χ1v) is 7.44. The van der Waals surface area contributed by atoms with Gasteiger partial charge in [0.25, 0.3) is 5.91 Å². The molecule has 2 nitrogen and oxygen atoms in total. The Balaban J connectivity index is 2.32. The molecule has 0 atom stereocenters. The van der Waals surface area contributed by atoms with Gasteiger partial charge < -0.3 is 5.32 Å². The minimum atomic E-state index is -0.381. The number of anilines is 1. The zero-order valence-corrected chi connectivity index (χ0v) is 13.8. The predicted octanol–water partition coefficient (Wildman–Crippen LogP) is 5.14. The summed E-state index contributed by atoms with van der Waals surface area (Å²) in [6.45, 7) is 6.27. The second kappa shape index (κ2) is 5.98. The van der Waals surface area contributed by atoms with Gasteiger partial charge in [0.2, 0.25) is 0 Å². The Labute approximate surface area is 132 Å². The van der Waals surface area contributed by atoms with Crippen molar-refractivity contribution in [3.8, 4) is 0 Å².